The Morgan fingerprint density at radius 3 is 2.29 bits per heavy atom. The zero-order chi connectivity index (χ0) is 24.2. The zero-order valence-electron chi connectivity index (χ0n) is 18.1. The molecule has 0 spiro atoms. The highest BCUT2D eigenvalue weighted by atomic mass is 35.5. The number of nitrogens with one attached hydrogen (secondary N) is 1. The molecule has 34 heavy (non-hydrogen) atoms. The number of ether oxygens (including phenoxy) is 1. The smallest absolute Gasteiger partial charge is 0.330 e. The second-order valence-corrected chi connectivity index (χ2v) is 9.03. The summed E-state index contributed by atoms with van der Waals surface area (Å²) in [5.74, 6) is -3.18. The number of anilines is 1. The van der Waals surface area contributed by atoms with Crippen LogP contribution >= 0.6 is 23.2 Å². The first kappa shape index (κ1) is 24.0. The van der Waals surface area contributed by atoms with E-state index in [1.165, 1.54) is 12.1 Å². The van der Waals surface area contributed by atoms with E-state index < -0.39 is 36.4 Å². The van der Waals surface area contributed by atoms with Gasteiger partial charge in [0.2, 0.25) is 11.8 Å². The van der Waals surface area contributed by atoms with Crippen LogP contribution in [0.1, 0.15) is 18.4 Å². The number of benzene rings is 2. The summed E-state index contributed by atoms with van der Waals surface area (Å²) >= 11 is 12.0. The number of allylic oxidation sites excluding steroid dienone is 2. The zero-order valence-corrected chi connectivity index (χ0v) is 19.6. The largest absolute Gasteiger partial charge is 0.454 e. The highest BCUT2D eigenvalue weighted by Crippen LogP contribution is 2.36. The van der Waals surface area contributed by atoms with Gasteiger partial charge in [0.25, 0.3) is 5.91 Å². The van der Waals surface area contributed by atoms with Gasteiger partial charge in [-0.3, -0.25) is 19.3 Å². The number of esters is 1. The summed E-state index contributed by atoms with van der Waals surface area (Å²) in [5.41, 5.74) is 1.03. The standard InChI is InChI=1S/C25H22Cl2N2O5/c26-16-10-11-19(27)20(13-16)28-22(30)14-34-25(33)21(12-15-6-2-1-3-7-15)29-23(31)17-8-4-5-9-18(17)24(29)32/h1-7,10-11,13,17-18,21H,8-9,12,14H2,(H,28,30)/t17-,18-,21-/m0/s1. The molecule has 1 N–H and O–H groups in total. The lowest BCUT2D eigenvalue weighted by Crippen LogP contribution is -2.48. The Hall–Kier alpha value is -3.16. The number of hydrogen-bond donors (Lipinski definition) is 1. The first-order valence-corrected chi connectivity index (χ1v) is 11.6. The summed E-state index contributed by atoms with van der Waals surface area (Å²) < 4.78 is 5.25. The number of likely N-dealkylation sites (tertiary alicyclic amines) is 1. The number of imide groups is 1. The molecule has 2 aliphatic rings. The molecule has 0 radical (unpaired) electrons. The van der Waals surface area contributed by atoms with E-state index in [0.29, 0.717) is 17.9 Å². The summed E-state index contributed by atoms with van der Waals surface area (Å²) in [6, 6.07) is 12.4. The molecular weight excluding hydrogens is 479 g/mol. The monoisotopic (exact) mass is 500 g/mol. The van der Waals surface area contributed by atoms with Crippen molar-refractivity contribution in [1.82, 2.24) is 4.90 Å². The number of amides is 3. The normalized spacial score (nSPS) is 20.1. The molecule has 1 fully saturated rings. The van der Waals surface area contributed by atoms with Crippen LogP contribution in [0.3, 0.4) is 0 Å². The fourth-order valence-electron chi connectivity index (χ4n) is 4.26. The Kier molecular flexibility index (Phi) is 7.34. The third kappa shape index (κ3) is 5.16. The van der Waals surface area contributed by atoms with Crippen molar-refractivity contribution in [2.75, 3.05) is 11.9 Å². The molecule has 0 bridgehead atoms. The van der Waals surface area contributed by atoms with Crippen LogP contribution < -0.4 is 5.32 Å². The minimum Gasteiger partial charge on any atom is -0.454 e. The predicted molar refractivity (Wildman–Crippen MR) is 127 cm³/mol. The molecule has 3 amide bonds. The molecular formula is C25H22Cl2N2O5. The fraction of sp³-hybridized carbons (Fsp3) is 0.280. The number of fused-ring (bicyclic) bond motifs is 1. The summed E-state index contributed by atoms with van der Waals surface area (Å²) in [5, 5.41) is 3.18. The molecule has 1 aliphatic carbocycles. The van der Waals surface area contributed by atoms with E-state index in [9.17, 15) is 19.2 Å². The second kappa shape index (κ2) is 10.4. The molecule has 3 atom stereocenters. The van der Waals surface area contributed by atoms with Gasteiger partial charge in [-0.1, -0.05) is 65.7 Å². The number of halogens is 2. The molecule has 1 heterocycles. The van der Waals surface area contributed by atoms with Crippen molar-refractivity contribution in [2.45, 2.75) is 25.3 Å². The second-order valence-electron chi connectivity index (χ2n) is 8.19. The van der Waals surface area contributed by atoms with Crippen molar-refractivity contribution in [3.05, 3.63) is 76.3 Å². The third-order valence-electron chi connectivity index (χ3n) is 5.95. The summed E-state index contributed by atoms with van der Waals surface area (Å²) in [6.45, 7) is -0.613. The molecule has 2 aromatic rings. The van der Waals surface area contributed by atoms with Gasteiger partial charge in [-0.15, -0.1) is 0 Å². The van der Waals surface area contributed by atoms with Gasteiger partial charge in [0, 0.05) is 11.4 Å². The summed E-state index contributed by atoms with van der Waals surface area (Å²) in [4.78, 5) is 52.7. The molecule has 2 aromatic carbocycles. The summed E-state index contributed by atoms with van der Waals surface area (Å²) in [7, 11) is 0. The van der Waals surface area contributed by atoms with E-state index in [0.717, 1.165) is 10.5 Å². The molecule has 1 saturated heterocycles. The van der Waals surface area contributed by atoms with Gasteiger partial charge in [-0.2, -0.15) is 0 Å². The maximum atomic E-state index is 13.1. The van der Waals surface area contributed by atoms with Gasteiger partial charge in [0.15, 0.2) is 6.61 Å². The van der Waals surface area contributed by atoms with Crippen LogP contribution in [-0.2, 0) is 30.3 Å². The fourth-order valence-corrected chi connectivity index (χ4v) is 4.60. The highest BCUT2D eigenvalue weighted by molar-refractivity contribution is 6.35. The van der Waals surface area contributed by atoms with E-state index in [1.54, 1.807) is 30.3 Å². The molecule has 4 rings (SSSR count). The Morgan fingerprint density at radius 1 is 1.00 bits per heavy atom. The first-order chi connectivity index (χ1) is 16.3. The van der Waals surface area contributed by atoms with Crippen LogP contribution in [0.4, 0.5) is 5.69 Å². The maximum absolute atomic E-state index is 13.1. The van der Waals surface area contributed by atoms with Crippen molar-refractivity contribution in [2.24, 2.45) is 11.8 Å². The molecule has 0 saturated carbocycles. The average Bonchev–Trinajstić information content (AvgIpc) is 3.09. The molecule has 1 aliphatic heterocycles. The van der Waals surface area contributed by atoms with Gasteiger partial charge in [-0.25, -0.2) is 4.79 Å². The van der Waals surface area contributed by atoms with Crippen LogP contribution in [0.25, 0.3) is 0 Å². The van der Waals surface area contributed by atoms with Gasteiger partial charge >= 0.3 is 5.97 Å². The molecule has 0 aromatic heterocycles. The average molecular weight is 501 g/mol. The number of rotatable bonds is 7. The number of carbonyl (C=O) groups is 4. The van der Waals surface area contributed by atoms with E-state index in [1.807, 2.05) is 18.2 Å². The first-order valence-electron chi connectivity index (χ1n) is 10.8. The van der Waals surface area contributed by atoms with E-state index in [2.05, 4.69) is 5.32 Å². The van der Waals surface area contributed by atoms with Crippen LogP contribution in [0.5, 0.6) is 0 Å². The number of nitrogens with zero attached hydrogens (tertiary/aromatic N) is 1. The topological polar surface area (TPSA) is 92.8 Å². The maximum Gasteiger partial charge on any atom is 0.330 e. The Bertz CT molecular complexity index is 1130. The quantitative estimate of drug-likeness (QED) is 0.351. The van der Waals surface area contributed by atoms with Gasteiger partial charge < -0.3 is 10.1 Å². The predicted octanol–water partition coefficient (Wildman–Crippen LogP) is 4.04. The lowest BCUT2D eigenvalue weighted by Gasteiger charge is -2.25. The van der Waals surface area contributed by atoms with Crippen molar-refractivity contribution < 1.29 is 23.9 Å². The van der Waals surface area contributed by atoms with Gasteiger partial charge in [-0.05, 0) is 36.6 Å². The van der Waals surface area contributed by atoms with Crippen molar-refractivity contribution in [1.29, 1.82) is 0 Å². The van der Waals surface area contributed by atoms with Crippen LogP contribution in [-0.4, -0.2) is 41.2 Å². The molecule has 176 valence electrons. The van der Waals surface area contributed by atoms with Crippen molar-refractivity contribution >= 4 is 52.6 Å². The Morgan fingerprint density at radius 2 is 1.65 bits per heavy atom. The molecule has 0 unspecified atom stereocenters. The Labute approximate surface area is 206 Å². The van der Waals surface area contributed by atoms with E-state index in [4.69, 9.17) is 27.9 Å². The van der Waals surface area contributed by atoms with E-state index in [-0.39, 0.29) is 28.9 Å². The lowest BCUT2D eigenvalue weighted by molar-refractivity contribution is -0.159. The number of carbonyl (C=O) groups excluding carboxylic acids is 4. The van der Waals surface area contributed by atoms with Crippen LogP contribution in [0, 0.1) is 11.8 Å². The minimum absolute atomic E-state index is 0.0890. The van der Waals surface area contributed by atoms with E-state index >= 15 is 0 Å². The van der Waals surface area contributed by atoms with Crippen LogP contribution in [0.15, 0.2) is 60.7 Å². The van der Waals surface area contributed by atoms with Crippen molar-refractivity contribution in [3.8, 4) is 0 Å². The molecule has 9 heteroatoms. The third-order valence-corrected chi connectivity index (χ3v) is 6.51. The Balaban J connectivity index is 1.49. The van der Waals surface area contributed by atoms with Gasteiger partial charge in [0.05, 0.1) is 22.5 Å². The van der Waals surface area contributed by atoms with Gasteiger partial charge in [0.1, 0.15) is 6.04 Å². The van der Waals surface area contributed by atoms with Crippen LogP contribution in [0.2, 0.25) is 10.0 Å². The lowest BCUT2D eigenvalue weighted by atomic mass is 9.85. The van der Waals surface area contributed by atoms with Crippen molar-refractivity contribution in [3.63, 3.8) is 0 Å². The number of hydrogen-bond acceptors (Lipinski definition) is 5. The highest BCUT2D eigenvalue weighted by Gasteiger charge is 2.51. The summed E-state index contributed by atoms with van der Waals surface area (Å²) in [6.07, 6.45) is 4.77. The SMILES string of the molecule is O=C(COC(=O)[C@H](Cc1ccccc1)N1C(=O)[C@H]2CC=CC[C@@H]2C1=O)Nc1cc(Cl)ccc1Cl. The minimum atomic E-state index is -1.17. The molecule has 7 nitrogen and oxygen atoms in total.